The van der Waals surface area contributed by atoms with Crippen LogP contribution in [0.25, 0.3) is 0 Å². The largest absolute Gasteiger partial charge is 0.214 e. The first-order valence-corrected chi connectivity index (χ1v) is 12.6. The molecule has 2 unspecified atom stereocenters. The van der Waals surface area contributed by atoms with Crippen LogP contribution in [0.4, 0.5) is 0 Å². The van der Waals surface area contributed by atoms with Crippen molar-refractivity contribution >= 4 is 18.1 Å². The lowest BCUT2D eigenvalue weighted by Crippen LogP contribution is -2.27. The molecule has 1 aliphatic heterocycles. The predicted octanol–water partition coefficient (Wildman–Crippen LogP) is 2.97. The van der Waals surface area contributed by atoms with Crippen LogP contribution in [0.15, 0.2) is 30.3 Å². The van der Waals surface area contributed by atoms with Crippen LogP contribution in [0.3, 0.4) is 0 Å². The summed E-state index contributed by atoms with van der Waals surface area (Å²) in [5.74, 6) is 0.338. The fourth-order valence-electron chi connectivity index (χ4n) is 2.27. The number of sulfonamides is 1. The Bertz CT molecular complexity index is 537. The minimum Gasteiger partial charge on any atom is -0.212 e. The van der Waals surface area contributed by atoms with E-state index >= 15 is 0 Å². The van der Waals surface area contributed by atoms with Gasteiger partial charge in [-0.05, 0) is 24.4 Å². The molecule has 5 heteroatoms. The molecule has 0 spiro atoms. The van der Waals surface area contributed by atoms with Gasteiger partial charge >= 0.3 is 0 Å². The van der Waals surface area contributed by atoms with E-state index in [1.165, 1.54) is 5.56 Å². The lowest BCUT2D eigenvalue weighted by atomic mass is 10.1. The molecular weight excluding hydrogens is 286 g/mol. The van der Waals surface area contributed by atoms with Crippen molar-refractivity contribution in [3.63, 3.8) is 0 Å². The van der Waals surface area contributed by atoms with Crippen LogP contribution in [0.5, 0.6) is 0 Å². The molecule has 1 saturated heterocycles. The Balaban J connectivity index is 1.79. The van der Waals surface area contributed by atoms with Gasteiger partial charge in [0.2, 0.25) is 10.0 Å². The van der Waals surface area contributed by atoms with Crippen LogP contribution in [-0.2, 0) is 16.4 Å². The Hall–Kier alpha value is -0.653. The van der Waals surface area contributed by atoms with Gasteiger partial charge in [-0.15, -0.1) is 0 Å². The molecule has 2 rings (SSSR count). The van der Waals surface area contributed by atoms with Crippen molar-refractivity contribution in [2.75, 3.05) is 12.3 Å². The maximum Gasteiger partial charge on any atom is 0.214 e. The summed E-state index contributed by atoms with van der Waals surface area (Å²) in [5, 5.41) is 0. The van der Waals surface area contributed by atoms with Crippen LogP contribution in [0.1, 0.15) is 12.0 Å². The van der Waals surface area contributed by atoms with E-state index in [4.69, 9.17) is 0 Å². The van der Waals surface area contributed by atoms with E-state index in [-0.39, 0.29) is 6.04 Å². The van der Waals surface area contributed by atoms with Gasteiger partial charge in [0.25, 0.3) is 0 Å². The molecule has 0 N–H and O–H groups in total. The number of benzene rings is 1. The molecule has 1 aromatic rings. The van der Waals surface area contributed by atoms with E-state index in [1.54, 1.807) is 4.31 Å². The van der Waals surface area contributed by atoms with E-state index in [9.17, 15) is 8.42 Å². The number of aryl methyl sites for hydroxylation is 1. The molecule has 0 aromatic heterocycles. The monoisotopic (exact) mass is 311 g/mol. The zero-order valence-corrected chi connectivity index (χ0v) is 14.5. The molecule has 0 amide bonds. The summed E-state index contributed by atoms with van der Waals surface area (Å²) < 4.78 is 26.1. The molecule has 1 aliphatic rings. The number of nitrogens with zero attached hydrogens (tertiary/aromatic N) is 1. The summed E-state index contributed by atoms with van der Waals surface area (Å²) in [7, 11) is -4.29. The van der Waals surface area contributed by atoms with Crippen molar-refractivity contribution in [1.82, 2.24) is 4.31 Å². The van der Waals surface area contributed by atoms with Gasteiger partial charge in [0, 0.05) is 20.7 Å². The number of rotatable bonds is 7. The van der Waals surface area contributed by atoms with Crippen LogP contribution in [0.2, 0.25) is 25.7 Å². The third-order valence-electron chi connectivity index (χ3n) is 3.74. The summed E-state index contributed by atoms with van der Waals surface area (Å²) in [4.78, 5) is 0. The Kier molecular flexibility index (Phi) is 4.72. The van der Waals surface area contributed by atoms with Crippen molar-refractivity contribution in [1.29, 1.82) is 0 Å². The second-order valence-corrected chi connectivity index (χ2v) is 14.5. The van der Waals surface area contributed by atoms with E-state index in [1.807, 2.05) is 18.2 Å². The Labute approximate surface area is 124 Å². The molecule has 20 heavy (non-hydrogen) atoms. The first-order chi connectivity index (χ1) is 9.28. The molecule has 1 heterocycles. The standard InChI is InChI=1S/C15H25NO2SSi/c1-20(2,3)12-11-19(17,18)16-13-15(16)10-9-14-7-5-4-6-8-14/h4-8,15H,9-13H2,1-3H3. The zero-order chi connectivity index (χ0) is 14.8. The Morgan fingerprint density at radius 3 is 2.45 bits per heavy atom. The lowest BCUT2D eigenvalue weighted by Gasteiger charge is -2.15. The minimum atomic E-state index is -3.01. The minimum absolute atomic E-state index is 0.238. The van der Waals surface area contributed by atoms with E-state index in [0.29, 0.717) is 5.75 Å². The van der Waals surface area contributed by atoms with Gasteiger partial charge in [-0.3, -0.25) is 0 Å². The van der Waals surface area contributed by atoms with Crippen LogP contribution in [-0.4, -0.2) is 39.1 Å². The highest BCUT2D eigenvalue weighted by Crippen LogP contribution is 2.28. The SMILES string of the molecule is C[Si](C)(C)CCS(=O)(=O)N1CC1CCc1ccccc1. The highest BCUT2D eigenvalue weighted by atomic mass is 32.2. The topological polar surface area (TPSA) is 37.1 Å². The first-order valence-electron chi connectivity index (χ1n) is 7.31. The van der Waals surface area contributed by atoms with Gasteiger partial charge in [-0.25, -0.2) is 8.42 Å². The number of hydrogen-bond donors (Lipinski definition) is 0. The van der Waals surface area contributed by atoms with Crippen molar-refractivity contribution in [3.05, 3.63) is 35.9 Å². The summed E-state index contributed by atoms with van der Waals surface area (Å²) in [6.45, 7) is 7.38. The van der Waals surface area contributed by atoms with Gasteiger partial charge in [0.05, 0.1) is 5.75 Å². The van der Waals surface area contributed by atoms with Crippen molar-refractivity contribution in [3.8, 4) is 0 Å². The Morgan fingerprint density at radius 2 is 1.85 bits per heavy atom. The van der Waals surface area contributed by atoms with Gasteiger partial charge in [-0.1, -0.05) is 50.0 Å². The van der Waals surface area contributed by atoms with Gasteiger partial charge in [0.1, 0.15) is 0 Å². The summed E-state index contributed by atoms with van der Waals surface area (Å²) in [6.07, 6.45) is 1.90. The second kappa shape index (κ2) is 5.99. The van der Waals surface area contributed by atoms with Crippen LogP contribution in [0, 0.1) is 0 Å². The smallest absolute Gasteiger partial charge is 0.212 e. The molecule has 112 valence electrons. The average Bonchev–Trinajstić information content (AvgIpc) is 3.15. The molecule has 1 aromatic carbocycles. The molecule has 0 bridgehead atoms. The zero-order valence-electron chi connectivity index (χ0n) is 12.7. The summed E-state index contributed by atoms with van der Waals surface area (Å²) >= 11 is 0. The highest BCUT2D eigenvalue weighted by molar-refractivity contribution is 7.89. The third kappa shape index (κ3) is 4.72. The molecule has 1 fully saturated rings. The first kappa shape index (κ1) is 15.7. The second-order valence-electron chi connectivity index (χ2n) is 6.87. The maximum absolute atomic E-state index is 12.2. The van der Waals surface area contributed by atoms with E-state index < -0.39 is 18.1 Å². The predicted molar refractivity (Wildman–Crippen MR) is 87.2 cm³/mol. The Morgan fingerprint density at radius 1 is 1.20 bits per heavy atom. The van der Waals surface area contributed by atoms with Crippen LogP contribution >= 0.6 is 0 Å². The van der Waals surface area contributed by atoms with E-state index in [0.717, 1.165) is 25.4 Å². The lowest BCUT2D eigenvalue weighted by molar-refractivity contribution is 0.548. The fraction of sp³-hybridized carbons (Fsp3) is 0.600. The van der Waals surface area contributed by atoms with Crippen molar-refractivity contribution < 1.29 is 8.42 Å². The third-order valence-corrected chi connectivity index (χ3v) is 7.73. The summed E-state index contributed by atoms with van der Waals surface area (Å²) in [6, 6.07) is 11.4. The molecule has 0 saturated carbocycles. The van der Waals surface area contributed by atoms with Gasteiger partial charge in [-0.2, -0.15) is 4.31 Å². The molecule has 0 radical (unpaired) electrons. The van der Waals surface area contributed by atoms with Crippen molar-refractivity contribution in [2.45, 2.75) is 44.6 Å². The average molecular weight is 312 g/mol. The van der Waals surface area contributed by atoms with E-state index in [2.05, 4.69) is 31.8 Å². The van der Waals surface area contributed by atoms with Gasteiger partial charge in [0.15, 0.2) is 0 Å². The van der Waals surface area contributed by atoms with Gasteiger partial charge < -0.3 is 0 Å². The summed E-state index contributed by atoms with van der Waals surface area (Å²) in [5.41, 5.74) is 1.29. The maximum atomic E-state index is 12.2. The molecular formula is C15H25NO2SSi. The van der Waals surface area contributed by atoms with Crippen LogP contribution < -0.4 is 0 Å². The molecule has 2 atom stereocenters. The highest BCUT2D eigenvalue weighted by Gasteiger charge is 2.43. The molecule has 3 nitrogen and oxygen atoms in total. The normalized spacial score (nSPS) is 22.8. The number of hydrogen-bond acceptors (Lipinski definition) is 2. The van der Waals surface area contributed by atoms with Crippen molar-refractivity contribution in [2.24, 2.45) is 0 Å². The molecule has 0 aliphatic carbocycles. The fourth-order valence-corrected chi connectivity index (χ4v) is 6.94. The quantitative estimate of drug-likeness (QED) is 0.573.